The van der Waals surface area contributed by atoms with E-state index >= 15 is 4.79 Å². The van der Waals surface area contributed by atoms with Gasteiger partial charge >= 0.3 is 5.97 Å². The summed E-state index contributed by atoms with van der Waals surface area (Å²) in [5, 5.41) is 21.7. The molecule has 8 rings (SSSR count). The highest BCUT2D eigenvalue weighted by Crippen LogP contribution is 2.49. The van der Waals surface area contributed by atoms with E-state index < -0.39 is 40.3 Å². The zero-order chi connectivity index (χ0) is 47.5. The van der Waals surface area contributed by atoms with E-state index in [2.05, 4.69) is 36.4 Å². The fraction of sp³-hybridized carbons (Fsp3) is 0.136. The first-order chi connectivity index (χ1) is 33.1. The fourth-order valence-electron chi connectivity index (χ4n) is 9.35. The first-order valence-electron chi connectivity index (χ1n) is 22.6. The van der Waals surface area contributed by atoms with Crippen LogP contribution in [-0.2, 0) is 32.7 Å². The van der Waals surface area contributed by atoms with Crippen molar-refractivity contribution in [2.75, 3.05) is 5.75 Å². The minimum absolute atomic E-state index is 0.0500. The van der Waals surface area contributed by atoms with Crippen molar-refractivity contribution in [2.24, 2.45) is 11.5 Å². The van der Waals surface area contributed by atoms with E-state index in [0.29, 0.717) is 27.8 Å². The van der Waals surface area contributed by atoms with Gasteiger partial charge in [0.25, 0.3) is 0 Å². The van der Waals surface area contributed by atoms with Crippen LogP contribution in [0.5, 0.6) is 5.75 Å². The van der Waals surface area contributed by atoms with Gasteiger partial charge in [-0.15, -0.1) is 11.8 Å². The number of benzene rings is 8. The molecule has 0 radical (unpaired) electrons. The van der Waals surface area contributed by atoms with Gasteiger partial charge in [-0.25, -0.2) is 4.79 Å². The molecule has 9 heteroatoms. The Morgan fingerprint density at radius 2 is 0.868 bits per heavy atom. The van der Waals surface area contributed by atoms with E-state index in [-0.39, 0.29) is 35.7 Å². The Kier molecular flexibility index (Phi) is 14.8. The van der Waals surface area contributed by atoms with Crippen LogP contribution < -0.4 is 11.5 Å². The highest BCUT2D eigenvalue weighted by atomic mass is 32.2. The lowest BCUT2D eigenvalue weighted by Gasteiger charge is -2.49. The Balaban J connectivity index is 1.23. The van der Waals surface area contributed by atoms with Crippen LogP contribution in [0, 0.1) is 0 Å². The molecule has 0 fully saturated rings. The van der Waals surface area contributed by atoms with E-state index in [0.717, 1.165) is 16.7 Å². The minimum Gasteiger partial charge on any atom is -0.508 e. The molecule has 0 aliphatic heterocycles. The summed E-state index contributed by atoms with van der Waals surface area (Å²) in [7, 11) is 0. The number of rotatable bonds is 19. The summed E-state index contributed by atoms with van der Waals surface area (Å²) in [6, 6.07) is 68.2. The second-order valence-electron chi connectivity index (χ2n) is 16.8. The summed E-state index contributed by atoms with van der Waals surface area (Å²) in [5.41, 5.74) is 18.7. The van der Waals surface area contributed by atoms with Gasteiger partial charge in [-0.1, -0.05) is 218 Å². The number of aromatic hydroxyl groups is 1. The number of aliphatic carboxylic acids is 1. The predicted octanol–water partition coefficient (Wildman–Crippen LogP) is 10.0. The Morgan fingerprint density at radius 3 is 1.28 bits per heavy atom. The van der Waals surface area contributed by atoms with Crippen molar-refractivity contribution in [2.45, 2.75) is 41.3 Å². The number of amides is 1. The highest BCUT2D eigenvalue weighted by Gasteiger charge is 2.51. The Hall–Kier alpha value is -7.56. The van der Waals surface area contributed by atoms with E-state index in [1.54, 1.807) is 48.2 Å². The topological polar surface area (TPSA) is 147 Å². The lowest BCUT2D eigenvalue weighted by Crippen LogP contribution is -2.62. The Morgan fingerprint density at radius 1 is 0.485 bits per heavy atom. The third-order valence-corrected chi connectivity index (χ3v) is 14.2. The predicted molar refractivity (Wildman–Crippen MR) is 271 cm³/mol. The molecule has 0 saturated carbocycles. The van der Waals surface area contributed by atoms with Crippen LogP contribution in [0.1, 0.15) is 54.9 Å². The van der Waals surface area contributed by atoms with Crippen LogP contribution in [0.25, 0.3) is 0 Å². The first-order valence-corrected chi connectivity index (χ1v) is 23.6. The molecule has 3 atom stereocenters. The molecule has 68 heavy (non-hydrogen) atoms. The van der Waals surface area contributed by atoms with Crippen LogP contribution in [-0.4, -0.2) is 56.7 Å². The SMILES string of the molecule is NC(CSC(c1ccccc1)(c1ccccc1)c1ccccc1)C(=O)c1ccccc1CC(C(=O)O)N(C(=O)C(N)Cc1ccc(O)cc1)C(c1ccccc1)(c1ccccc1)c1ccccc1. The molecule has 340 valence electrons. The number of carboxylic acids is 1. The molecule has 0 saturated heterocycles. The molecule has 0 heterocycles. The van der Waals surface area contributed by atoms with Gasteiger partial charge in [0.05, 0.1) is 16.8 Å². The lowest BCUT2D eigenvalue weighted by molar-refractivity contribution is -0.155. The summed E-state index contributed by atoms with van der Waals surface area (Å²) in [5.74, 6) is -2.00. The Bertz CT molecular complexity index is 2710. The number of Topliss-reactive ketones (excluding diaryl/α,β-unsaturated/α-hetero) is 1. The number of nitrogens with two attached hydrogens (primary N) is 2. The molecule has 8 nitrogen and oxygen atoms in total. The van der Waals surface area contributed by atoms with Gasteiger partial charge in [-0.2, -0.15) is 0 Å². The largest absolute Gasteiger partial charge is 0.508 e. The minimum atomic E-state index is -1.57. The van der Waals surface area contributed by atoms with Gasteiger partial charge in [0.2, 0.25) is 5.91 Å². The molecule has 0 spiro atoms. The van der Waals surface area contributed by atoms with Gasteiger partial charge in [-0.3, -0.25) is 9.59 Å². The number of phenols is 1. The maximum absolute atomic E-state index is 15.7. The third kappa shape index (κ3) is 9.64. The van der Waals surface area contributed by atoms with Crippen molar-refractivity contribution in [3.05, 3.63) is 281 Å². The molecule has 0 bridgehead atoms. The van der Waals surface area contributed by atoms with Gasteiger partial charge < -0.3 is 26.6 Å². The normalized spacial score (nSPS) is 12.9. The van der Waals surface area contributed by atoms with Gasteiger partial charge in [0, 0.05) is 17.7 Å². The lowest BCUT2D eigenvalue weighted by atomic mass is 9.74. The van der Waals surface area contributed by atoms with Crippen molar-refractivity contribution < 1.29 is 24.6 Å². The van der Waals surface area contributed by atoms with Crippen LogP contribution in [0.3, 0.4) is 0 Å². The van der Waals surface area contributed by atoms with Crippen LogP contribution in [0.15, 0.2) is 231 Å². The summed E-state index contributed by atoms with van der Waals surface area (Å²) < 4.78 is -0.731. The first kappa shape index (κ1) is 47.0. The monoisotopic (exact) mass is 915 g/mol. The number of ketones is 1. The van der Waals surface area contributed by atoms with Crippen molar-refractivity contribution in [1.29, 1.82) is 0 Å². The number of hydrogen-bond donors (Lipinski definition) is 4. The molecule has 0 aromatic heterocycles. The van der Waals surface area contributed by atoms with Crippen molar-refractivity contribution in [3.63, 3.8) is 0 Å². The number of phenolic OH excluding ortho intramolecular Hbond substituents is 1. The summed E-state index contributed by atoms with van der Waals surface area (Å²) in [6.07, 6.45) is -0.209. The van der Waals surface area contributed by atoms with E-state index in [4.69, 9.17) is 11.5 Å². The second kappa shape index (κ2) is 21.4. The molecule has 6 N–H and O–H groups in total. The second-order valence-corrected chi connectivity index (χ2v) is 18.0. The zero-order valence-electron chi connectivity index (χ0n) is 37.4. The maximum atomic E-state index is 15.7. The molecule has 0 aliphatic rings. The zero-order valence-corrected chi connectivity index (χ0v) is 38.2. The Labute approximate surface area is 401 Å². The van der Waals surface area contributed by atoms with E-state index in [1.807, 2.05) is 146 Å². The quantitative estimate of drug-likeness (QED) is 0.0463. The summed E-state index contributed by atoms with van der Waals surface area (Å²) >= 11 is 1.57. The highest BCUT2D eigenvalue weighted by molar-refractivity contribution is 8.00. The standard InChI is InChI=1S/C59H53N3O5S/c60-52(39-42-35-37-50(63)38-36-42)56(65)62(58(44-22-7-1-8-23-44,45-24-9-2-10-25-45)46-26-11-3-12-27-46)54(57(66)67)40-43-21-19-20-34-51(43)55(64)53(61)41-68-59(47-28-13-4-14-29-47,48-30-15-5-16-31-48)49-32-17-6-18-33-49/h1-38,52-54,63H,39-41,60-61H2,(H,66,67). The maximum Gasteiger partial charge on any atom is 0.326 e. The summed E-state index contributed by atoms with van der Waals surface area (Å²) in [4.78, 5) is 46.3. The van der Waals surface area contributed by atoms with E-state index in [1.165, 1.54) is 17.0 Å². The molecule has 3 unspecified atom stereocenters. The molecular formula is C59H53N3O5S. The number of carbonyl (C=O) groups excluding carboxylic acids is 2. The van der Waals surface area contributed by atoms with E-state index in [9.17, 15) is 19.8 Å². The number of nitrogens with zero attached hydrogens (tertiary/aromatic N) is 1. The average molecular weight is 916 g/mol. The molecule has 1 amide bonds. The number of thioether (sulfide) groups is 1. The molecule has 0 aliphatic carbocycles. The van der Waals surface area contributed by atoms with Crippen LogP contribution >= 0.6 is 11.8 Å². The third-order valence-electron chi connectivity index (χ3n) is 12.5. The molecular weight excluding hydrogens is 863 g/mol. The van der Waals surface area contributed by atoms with Crippen molar-refractivity contribution in [1.82, 2.24) is 4.90 Å². The number of carboxylic acid groups (broad SMARTS) is 1. The number of hydrogen-bond acceptors (Lipinski definition) is 7. The van der Waals surface area contributed by atoms with Crippen molar-refractivity contribution in [3.8, 4) is 5.75 Å². The average Bonchev–Trinajstić information content (AvgIpc) is 3.39. The van der Waals surface area contributed by atoms with Crippen molar-refractivity contribution >= 4 is 29.4 Å². The van der Waals surface area contributed by atoms with Crippen LogP contribution in [0.4, 0.5) is 0 Å². The van der Waals surface area contributed by atoms with Gasteiger partial charge in [-0.05, 0) is 63.1 Å². The molecule has 8 aromatic rings. The smallest absolute Gasteiger partial charge is 0.326 e. The summed E-state index contributed by atoms with van der Waals surface area (Å²) in [6.45, 7) is 0. The van der Waals surface area contributed by atoms with Gasteiger partial charge in [0.15, 0.2) is 5.78 Å². The van der Waals surface area contributed by atoms with Crippen LogP contribution in [0.2, 0.25) is 0 Å². The van der Waals surface area contributed by atoms with Gasteiger partial charge in [0.1, 0.15) is 17.3 Å². The molecule has 8 aromatic carbocycles. The fourth-order valence-corrected chi connectivity index (χ4v) is 10.8. The number of carbonyl (C=O) groups is 3.